The van der Waals surface area contributed by atoms with E-state index in [2.05, 4.69) is 48.9 Å². The molecule has 1 unspecified atom stereocenters. The highest BCUT2D eigenvalue weighted by molar-refractivity contribution is 5.59. The summed E-state index contributed by atoms with van der Waals surface area (Å²) in [7, 11) is 0. The van der Waals surface area contributed by atoms with Crippen LogP contribution >= 0.6 is 0 Å². The molecular formula is C15H18N2. The lowest BCUT2D eigenvalue weighted by atomic mass is 10.0. The van der Waals surface area contributed by atoms with E-state index in [1.807, 2.05) is 0 Å². The highest BCUT2D eigenvalue weighted by Gasteiger charge is 2.17. The van der Waals surface area contributed by atoms with Crippen molar-refractivity contribution >= 4 is 0 Å². The van der Waals surface area contributed by atoms with Crippen LogP contribution in [0.15, 0.2) is 30.5 Å². The number of aryl methyl sites for hydroxylation is 2. The second-order valence-electron chi connectivity index (χ2n) is 5.20. The third-order valence-corrected chi connectivity index (χ3v) is 3.60. The van der Waals surface area contributed by atoms with Gasteiger partial charge in [0.15, 0.2) is 0 Å². The third-order valence-electron chi connectivity index (χ3n) is 3.60. The molecule has 2 aromatic rings. The van der Waals surface area contributed by atoms with Crippen molar-refractivity contribution in [2.75, 3.05) is 0 Å². The molecule has 0 N–H and O–H groups in total. The zero-order chi connectivity index (χ0) is 11.8. The number of hydrogen-bond acceptors (Lipinski definition) is 1. The van der Waals surface area contributed by atoms with Gasteiger partial charge in [-0.3, -0.25) is 0 Å². The Kier molecular flexibility index (Phi) is 2.50. The number of nitrogens with zero attached hydrogens (tertiary/aromatic N) is 2. The Labute approximate surface area is 102 Å². The minimum atomic E-state index is 0.774. The van der Waals surface area contributed by atoms with Crippen molar-refractivity contribution in [3.05, 3.63) is 41.9 Å². The van der Waals surface area contributed by atoms with E-state index in [4.69, 9.17) is 4.98 Å². The highest BCUT2D eigenvalue weighted by atomic mass is 15.1. The minimum absolute atomic E-state index is 0.774. The first-order valence-corrected chi connectivity index (χ1v) is 6.35. The average Bonchev–Trinajstić information content (AvgIpc) is 2.72. The van der Waals surface area contributed by atoms with Crippen molar-refractivity contribution in [1.29, 1.82) is 0 Å². The molecule has 1 aliphatic rings. The molecule has 2 nitrogen and oxygen atoms in total. The van der Waals surface area contributed by atoms with Gasteiger partial charge in [-0.2, -0.15) is 0 Å². The first-order chi connectivity index (χ1) is 8.22. The molecule has 0 spiro atoms. The van der Waals surface area contributed by atoms with Crippen molar-refractivity contribution in [2.24, 2.45) is 5.92 Å². The van der Waals surface area contributed by atoms with Gasteiger partial charge in [-0.05, 0) is 19.3 Å². The molecule has 88 valence electrons. The molecule has 0 fully saturated rings. The van der Waals surface area contributed by atoms with Gasteiger partial charge in [0.05, 0.1) is 5.69 Å². The van der Waals surface area contributed by atoms with Crippen LogP contribution < -0.4 is 0 Å². The SMILES string of the molecule is Cc1ccc(-c2cn3c(n2)CC(C)CC3)cc1. The maximum Gasteiger partial charge on any atom is 0.109 e. The molecule has 1 atom stereocenters. The molecule has 3 rings (SSSR count). The predicted molar refractivity (Wildman–Crippen MR) is 69.9 cm³/mol. The second-order valence-corrected chi connectivity index (χ2v) is 5.20. The molecular weight excluding hydrogens is 208 g/mol. The first-order valence-electron chi connectivity index (χ1n) is 6.35. The standard InChI is InChI=1S/C15H18N2/c1-11-3-5-13(6-4-11)14-10-17-8-7-12(2)9-15(17)16-14/h3-6,10,12H,7-9H2,1-2H3. The summed E-state index contributed by atoms with van der Waals surface area (Å²) < 4.78 is 2.31. The Balaban J connectivity index is 1.97. The lowest BCUT2D eigenvalue weighted by Gasteiger charge is -2.18. The van der Waals surface area contributed by atoms with Crippen molar-refractivity contribution < 1.29 is 0 Å². The number of aromatic nitrogens is 2. The van der Waals surface area contributed by atoms with Crippen molar-refractivity contribution in [1.82, 2.24) is 9.55 Å². The summed E-state index contributed by atoms with van der Waals surface area (Å²) in [5.74, 6) is 2.02. The van der Waals surface area contributed by atoms with E-state index in [-0.39, 0.29) is 0 Å². The molecule has 2 heteroatoms. The fourth-order valence-corrected chi connectivity index (χ4v) is 2.45. The van der Waals surface area contributed by atoms with E-state index in [9.17, 15) is 0 Å². The maximum atomic E-state index is 4.76. The first kappa shape index (κ1) is 10.6. The van der Waals surface area contributed by atoms with Crippen LogP contribution in [0.5, 0.6) is 0 Å². The molecule has 0 radical (unpaired) electrons. The Morgan fingerprint density at radius 1 is 1.24 bits per heavy atom. The number of fused-ring (bicyclic) bond motifs is 1. The quantitative estimate of drug-likeness (QED) is 0.728. The van der Waals surface area contributed by atoms with E-state index in [0.29, 0.717) is 0 Å². The summed E-state index contributed by atoms with van der Waals surface area (Å²) in [5.41, 5.74) is 3.64. The number of hydrogen-bond donors (Lipinski definition) is 0. The normalized spacial score (nSPS) is 19.1. The van der Waals surface area contributed by atoms with Crippen LogP contribution in [0.25, 0.3) is 11.3 Å². The summed E-state index contributed by atoms with van der Waals surface area (Å²) in [6, 6.07) is 8.62. The van der Waals surface area contributed by atoms with Crippen LogP contribution in [-0.4, -0.2) is 9.55 Å². The summed E-state index contributed by atoms with van der Waals surface area (Å²) in [4.78, 5) is 4.76. The predicted octanol–water partition coefficient (Wildman–Crippen LogP) is 3.44. The van der Waals surface area contributed by atoms with Crippen molar-refractivity contribution in [2.45, 2.75) is 33.2 Å². The molecule has 0 aliphatic carbocycles. The second kappa shape index (κ2) is 4.02. The summed E-state index contributed by atoms with van der Waals surface area (Å²) in [6.45, 7) is 5.54. The average molecular weight is 226 g/mol. The molecule has 0 saturated carbocycles. The summed E-state index contributed by atoms with van der Waals surface area (Å²) in [6.07, 6.45) is 4.59. The molecule has 2 heterocycles. The zero-order valence-electron chi connectivity index (χ0n) is 10.5. The molecule has 0 saturated heterocycles. The van der Waals surface area contributed by atoms with Gasteiger partial charge in [0.1, 0.15) is 5.82 Å². The third kappa shape index (κ3) is 1.99. The van der Waals surface area contributed by atoms with E-state index >= 15 is 0 Å². The highest BCUT2D eigenvalue weighted by Crippen LogP contribution is 2.24. The fraction of sp³-hybridized carbons (Fsp3) is 0.400. The van der Waals surface area contributed by atoms with Crippen LogP contribution in [0.1, 0.15) is 24.7 Å². The molecule has 0 amide bonds. The van der Waals surface area contributed by atoms with Crippen LogP contribution in [0.2, 0.25) is 0 Å². The molecule has 1 aromatic heterocycles. The molecule has 1 aromatic carbocycles. The monoisotopic (exact) mass is 226 g/mol. The van der Waals surface area contributed by atoms with E-state index < -0.39 is 0 Å². The van der Waals surface area contributed by atoms with Crippen molar-refractivity contribution in [3.8, 4) is 11.3 Å². The lowest BCUT2D eigenvalue weighted by molar-refractivity contribution is 0.409. The van der Waals surface area contributed by atoms with Gasteiger partial charge < -0.3 is 4.57 Å². The van der Waals surface area contributed by atoms with E-state index in [1.165, 1.54) is 23.4 Å². The lowest BCUT2D eigenvalue weighted by Crippen LogP contribution is -2.16. The Morgan fingerprint density at radius 2 is 2.00 bits per heavy atom. The van der Waals surface area contributed by atoms with Gasteiger partial charge in [0.2, 0.25) is 0 Å². The smallest absolute Gasteiger partial charge is 0.109 e. The van der Waals surface area contributed by atoms with Gasteiger partial charge in [-0.1, -0.05) is 36.8 Å². The Hall–Kier alpha value is -1.57. The largest absolute Gasteiger partial charge is 0.334 e. The van der Waals surface area contributed by atoms with E-state index in [0.717, 1.165) is 24.6 Å². The van der Waals surface area contributed by atoms with Gasteiger partial charge in [-0.15, -0.1) is 0 Å². The van der Waals surface area contributed by atoms with E-state index in [1.54, 1.807) is 0 Å². The van der Waals surface area contributed by atoms with Crippen LogP contribution in [-0.2, 0) is 13.0 Å². The van der Waals surface area contributed by atoms with Crippen LogP contribution in [0, 0.1) is 12.8 Å². The zero-order valence-corrected chi connectivity index (χ0v) is 10.5. The summed E-state index contributed by atoms with van der Waals surface area (Å²) in [5, 5.41) is 0. The molecule has 0 bridgehead atoms. The number of imidazole rings is 1. The topological polar surface area (TPSA) is 17.8 Å². The molecule has 17 heavy (non-hydrogen) atoms. The minimum Gasteiger partial charge on any atom is -0.334 e. The number of benzene rings is 1. The molecule has 1 aliphatic heterocycles. The maximum absolute atomic E-state index is 4.76. The van der Waals surface area contributed by atoms with Gasteiger partial charge in [0, 0.05) is 24.7 Å². The Morgan fingerprint density at radius 3 is 2.76 bits per heavy atom. The van der Waals surface area contributed by atoms with Crippen LogP contribution in [0.4, 0.5) is 0 Å². The fourth-order valence-electron chi connectivity index (χ4n) is 2.45. The number of rotatable bonds is 1. The van der Waals surface area contributed by atoms with Gasteiger partial charge >= 0.3 is 0 Å². The van der Waals surface area contributed by atoms with Crippen LogP contribution in [0.3, 0.4) is 0 Å². The van der Waals surface area contributed by atoms with Gasteiger partial charge in [0.25, 0.3) is 0 Å². The summed E-state index contributed by atoms with van der Waals surface area (Å²) >= 11 is 0. The Bertz CT molecular complexity index is 522. The van der Waals surface area contributed by atoms with Gasteiger partial charge in [-0.25, -0.2) is 4.98 Å². The van der Waals surface area contributed by atoms with Crippen molar-refractivity contribution in [3.63, 3.8) is 0 Å².